The van der Waals surface area contributed by atoms with Crippen LogP contribution in [-0.4, -0.2) is 35.7 Å². The molecule has 1 aromatic carbocycles. The van der Waals surface area contributed by atoms with Crippen LogP contribution in [0.3, 0.4) is 0 Å². The molecule has 1 aliphatic carbocycles. The summed E-state index contributed by atoms with van der Waals surface area (Å²) >= 11 is 1.47. The summed E-state index contributed by atoms with van der Waals surface area (Å²) in [6, 6.07) is 6.00. The van der Waals surface area contributed by atoms with Crippen molar-refractivity contribution in [3.05, 3.63) is 29.3 Å². The number of hydrogen-bond donors (Lipinski definition) is 0. The van der Waals surface area contributed by atoms with Gasteiger partial charge in [-0.2, -0.15) is 0 Å². The molecule has 1 fully saturated rings. The molecule has 5 nitrogen and oxygen atoms in total. The van der Waals surface area contributed by atoms with Crippen LogP contribution in [0.5, 0.6) is 11.5 Å². The number of hydrogen-bond acceptors (Lipinski definition) is 5. The molecule has 4 rings (SSSR count). The number of thiazole rings is 1. The van der Waals surface area contributed by atoms with Crippen molar-refractivity contribution < 1.29 is 14.3 Å². The average Bonchev–Trinajstić information content (AvgIpc) is 3.11. The number of carbonyl (C=O) groups is 1. The van der Waals surface area contributed by atoms with E-state index in [1.165, 1.54) is 24.2 Å². The number of nitrogens with zero attached hydrogens (tertiary/aromatic N) is 2. The van der Waals surface area contributed by atoms with Crippen LogP contribution in [0, 0.1) is 5.92 Å². The molecule has 6 heteroatoms. The Morgan fingerprint density at radius 1 is 1.35 bits per heavy atom. The quantitative estimate of drug-likeness (QED) is 0.862. The topological polar surface area (TPSA) is 51.7 Å². The maximum Gasteiger partial charge on any atom is 0.273 e. The minimum absolute atomic E-state index is 0.00681. The number of aromatic nitrogens is 1. The summed E-state index contributed by atoms with van der Waals surface area (Å²) in [5.74, 6) is 2.12. The molecule has 2 aliphatic rings. The number of ether oxygens (including phenoxy) is 2. The van der Waals surface area contributed by atoms with Gasteiger partial charge in [0.2, 0.25) is 6.79 Å². The van der Waals surface area contributed by atoms with E-state index in [-0.39, 0.29) is 18.7 Å². The average molecular weight is 330 g/mol. The monoisotopic (exact) mass is 330 g/mol. The van der Waals surface area contributed by atoms with Gasteiger partial charge < -0.3 is 14.4 Å². The van der Waals surface area contributed by atoms with Gasteiger partial charge in [-0.15, -0.1) is 11.3 Å². The summed E-state index contributed by atoms with van der Waals surface area (Å²) in [7, 11) is 1.87. The second kappa shape index (κ2) is 5.53. The third-order valence-corrected chi connectivity index (χ3v) is 5.47. The van der Waals surface area contributed by atoms with Crippen molar-refractivity contribution in [3.8, 4) is 22.1 Å². The molecule has 0 N–H and O–H groups in total. The molecule has 0 bridgehead atoms. The molecule has 120 valence electrons. The Bertz CT molecular complexity index is 754. The van der Waals surface area contributed by atoms with Gasteiger partial charge in [-0.05, 0) is 43.9 Å². The lowest BCUT2D eigenvalue weighted by Gasteiger charge is -2.23. The lowest BCUT2D eigenvalue weighted by molar-refractivity contribution is 0.0722. The summed E-state index contributed by atoms with van der Waals surface area (Å²) in [6.45, 7) is 2.37. The predicted molar refractivity (Wildman–Crippen MR) is 88.0 cm³/mol. The van der Waals surface area contributed by atoms with Gasteiger partial charge in [-0.3, -0.25) is 4.79 Å². The largest absolute Gasteiger partial charge is 0.454 e. The van der Waals surface area contributed by atoms with Crippen molar-refractivity contribution in [2.75, 3.05) is 13.8 Å². The standard InChI is InChI=1S/C17H18N2O3S/c1-10(11-3-4-11)19(2)17(20)13-8-23-16(18-13)12-5-6-14-15(7-12)22-9-21-14/h5-8,10-11H,3-4,9H2,1-2H3/t10-/m0/s1. The highest BCUT2D eigenvalue weighted by molar-refractivity contribution is 7.13. The van der Waals surface area contributed by atoms with E-state index in [9.17, 15) is 4.79 Å². The second-order valence-corrected chi connectivity index (χ2v) is 6.96. The first kappa shape index (κ1) is 14.5. The van der Waals surface area contributed by atoms with Crippen LogP contribution in [0.1, 0.15) is 30.3 Å². The molecule has 0 spiro atoms. The number of benzene rings is 1. The van der Waals surface area contributed by atoms with Crippen molar-refractivity contribution in [1.29, 1.82) is 0 Å². The van der Waals surface area contributed by atoms with Crippen LogP contribution in [0.25, 0.3) is 10.6 Å². The SMILES string of the molecule is C[C@@H](C1CC1)N(C)C(=O)c1csc(-c2ccc3c(c2)OCO3)n1. The van der Waals surface area contributed by atoms with Crippen LogP contribution in [-0.2, 0) is 0 Å². The van der Waals surface area contributed by atoms with Gasteiger partial charge in [0.15, 0.2) is 11.5 Å². The first-order valence-electron chi connectivity index (χ1n) is 7.76. The normalized spacial score (nSPS) is 17.1. The fourth-order valence-corrected chi connectivity index (χ4v) is 3.59. The smallest absolute Gasteiger partial charge is 0.273 e. The van der Waals surface area contributed by atoms with Gasteiger partial charge >= 0.3 is 0 Å². The molecule has 0 saturated heterocycles. The maximum atomic E-state index is 12.6. The minimum atomic E-state index is -0.00681. The van der Waals surface area contributed by atoms with Crippen LogP contribution in [0.15, 0.2) is 23.6 Å². The molecule has 1 atom stereocenters. The van der Waals surface area contributed by atoms with Gasteiger partial charge in [0.1, 0.15) is 10.7 Å². The lowest BCUT2D eigenvalue weighted by atomic mass is 10.2. The first-order valence-corrected chi connectivity index (χ1v) is 8.64. The summed E-state index contributed by atoms with van der Waals surface area (Å²) < 4.78 is 10.7. The molecule has 1 amide bonds. The molecular formula is C17H18N2O3S. The minimum Gasteiger partial charge on any atom is -0.454 e. The number of carbonyl (C=O) groups excluding carboxylic acids is 1. The van der Waals surface area contributed by atoms with Crippen molar-refractivity contribution in [2.45, 2.75) is 25.8 Å². The fraction of sp³-hybridized carbons (Fsp3) is 0.412. The van der Waals surface area contributed by atoms with E-state index in [2.05, 4.69) is 11.9 Å². The molecule has 2 aromatic rings. The third kappa shape index (κ3) is 2.67. The van der Waals surface area contributed by atoms with E-state index in [4.69, 9.17) is 9.47 Å². The highest BCUT2D eigenvalue weighted by Crippen LogP contribution is 2.37. The molecule has 1 saturated carbocycles. The van der Waals surface area contributed by atoms with Gasteiger partial charge in [0.25, 0.3) is 5.91 Å². The van der Waals surface area contributed by atoms with Crippen LogP contribution >= 0.6 is 11.3 Å². The molecule has 0 unspecified atom stereocenters. The Kier molecular flexibility index (Phi) is 3.49. The van der Waals surface area contributed by atoms with E-state index < -0.39 is 0 Å². The molecule has 23 heavy (non-hydrogen) atoms. The molecule has 0 radical (unpaired) electrons. The van der Waals surface area contributed by atoms with E-state index in [0.29, 0.717) is 11.6 Å². The van der Waals surface area contributed by atoms with E-state index in [1.54, 1.807) is 0 Å². The summed E-state index contributed by atoms with van der Waals surface area (Å²) in [5, 5.41) is 2.65. The van der Waals surface area contributed by atoms with E-state index >= 15 is 0 Å². The van der Waals surface area contributed by atoms with Crippen LogP contribution < -0.4 is 9.47 Å². The maximum absolute atomic E-state index is 12.6. The Balaban J connectivity index is 1.55. The van der Waals surface area contributed by atoms with E-state index in [1.807, 2.05) is 35.5 Å². The van der Waals surface area contributed by atoms with Crippen molar-refractivity contribution in [2.24, 2.45) is 5.92 Å². The summed E-state index contributed by atoms with van der Waals surface area (Å²) in [4.78, 5) is 18.9. The third-order valence-electron chi connectivity index (χ3n) is 4.58. The highest BCUT2D eigenvalue weighted by Gasteiger charge is 2.33. The number of fused-ring (bicyclic) bond motifs is 1. The van der Waals surface area contributed by atoms with Gasteiger partial charge in [-0.25, -0.2) is 4.98 Å². The summed E-state index contributed by atoms with van der Waals surface area (Å²) in [5.41, 5.74) is 1.45. The zero-order valence-corrected chi connectivity index (χ0v) is 13.9. The van der Waals surface area contributed by atoms with Crippen molar-refractivity contribution in [3.63, 3.8) is 0 Å². The Morgan fingerprint density at radius 2 is 2.13 bits per heavy atom. The van der Waals surface area contributed by atoms with Gasteiger partial charge in [0, 0.05) is 24.0 Å². The molecule has 2 heterocycles. The highest BCUT2D eigenvalue weighted by atomic mass is 32.1. The molecule has 1 aliphatic heterocycles. The van der Waals surface area contributed by atoms with E-state index in [0.717, 1.165) is 22.1 Å². The van der Waals surface area contributed by atoms with Crippen molar-refractivity contribution >= 4 is 17.2 Å². The zero-order valence-electron chi connectivity index (χ0n) is 13.1. The predicted octanol–water partition coefficient (Wildman–Crippen LogP) is 3.41. The number of rotatable bonds is 4. The summed E-state index contributed by atoms with van der Waals surface area (Å²) in [6.07, 6.45) is 2.44. The number of amides is 1. The first-order chi connectivity index (χ1) is 11.1. The fourth-order valence-electron chi connectivity index (χ4n) is 2.79. The van der Waals surface area contributed by atoms with Crippen LogP contribution in [0.4, 0.5) is 0 Å². The van der Waals surface area contributed by atoms with Gasteiger partial charge in [0.05, 0.1) is 0 Å². The molecule has 1 aromatic heterocycles. The Labute approximate surface area is 138 Å². The van der Waals surface area contributed by atoms with Crippen LogP contribution in [0.2, 0.25) is 0 Å². The van der Waals surface area contributed by atoms with Crippen molar-refractivity contribution in [1.82, 2.24) is 9.88 Å². The Morgan fingerprint density at radius 3 is 2.91 bits per heavy atom. The Hall–Kier alpha value is -2.08. The lowest BCUT2D eigenvalue weighted by Crippen LogP contribution is -2.36. The second-order valence-electron chi connectivity index (χ2n) is 6.10. The van der Waals surface area contributed by atoms with Gasteiger partial charge in [-0.1, -0.05) is 0 Å². The molecular weight excluding hydrogens is 312 g/mol. The zero-order chi connectivity index (χ0) is 16.0.